The lowest BCUT2D eigenvalue weighted by atomic mass is 10.2. The monoisotopic (exact) mass is 270 g/mol. The van der Waals surface area contributed by atoms with Crippen LogP contribution in [0.5, 0.6) is 11.5 Å². The third kappa shape index (κ3) is 2.05. The molecule has 2 aromatic heterocycles. The quantitative estimate of drug-likeness (QED) is 0.729. The van der Waals surface area contributed by atoms with Gasteiger partial charge < -0.3 is 9.47 Å². The van der Waals surface area contributed by atoms with Crippen LogP contribution < -0.4 is 9.47 Å². The molecule has 3 rings (SSSR count). The van der Waals surface area contributed by atoms with Gasteiger partial charge in [-0.1, -0.05) is 0 Å². The van der Waals surface area contributed by atoms with Gasteiger partial charge in [0.25, 0.3) is 0 Å². The van der Waals surface area contributed by atoms with E-state index in [4.69, 9.17) is 9.47 Å². The van der Waals surface area contributed by atoms with Crippen LogP contribution in [-0.4, -0.2) is 34.0 Å². The van der Waals surface area contributed by atoms with Crippen molar-refractivity contribution in [1.29, 1.82) is 0 Å². The van der Waals surface area contributed by atoms with Crippen LogP contribution in [0.1, 0.15) is 0 Å². The Labute approximate surface area is 116 Å². The molecular weight excluding hydrogens is 256 g/mol. The Morgan fingerprint density at radius 1 is 1.10 bits per heavy atom. The average molecular weight is 270 g/mol. The molecule has 0 bridgehead atoms. The highest BCUT2D eigenvalue weighted by molar-refractivity contribution is 5.83. The van der Waals surface area contributed by atoms with Gasteiger partial charge in [0.15, 0.2) is 17.3 Å². The van der Waals surface area contributed by atoms with Crippen LogP contribution in [0.2, 0.25) is 0 Å². The number of benzene rings is 1. The van der Waals surface area contributed by atoms with E-state index in [1.165, 1.54) is 0 Å². The fourth-order valence-electron chi connectivity index (χ4n) is 2.02. The molecule has 3 aromatic rings. The Morgan fingerprint density at radius 3 is 2.50 bits per heavy atom. The van der Waals surface area contributed by atoms with Crippen LogP contribution in [0.25, 0.3) is 22.4 Å². The Morgan fingerprint density at radius 2 is 1.85 bits per heavy atom. The maximum Gasteiger partial charge on any atom is 0.180 e. The summed E-state index contributed by atoms with van der Waals surface area (Å²) in [6, 6.07) is 5.57. The van der Waals surface area contributed by atoms with Crippen LogP contribution >= 0.6 is 0 Å². The van der Waals surface area contributed by atoms with Crippen molar-refractivity contribution in [2.24, 2.45) is 7.05 Å². The summed E-state index contributed by atoms with van der Waals surface area (Å²) in [5.74, 6) is 1.89. The number of ether oxygens (including phenoxy) is 2. The standard InChI is InChI=1S/C14H14N4O2/c1-18-5-4-10(17-18)14-15-8-9-6-12(19-2)13(20-3)7-11(9)16-14/h4-8H,1-3H3. The smallest absolute Gasteiger partial charge is 0.180 e. The van der Waals surface area contributed by atoms with Crippen molar-refractivity contribution in [1.82, 2.24) is 19.7 Å². The summed E-state index contributed by atoms with van der Waals surface area (Å²) < 4.78 is 12.3. The highest BCUT2D eigenvalue weighted by Gasteiger charge is 2.10. The van der Waals surface area contributed by atoms with E-state index in [1.807, 2.05) is 31.4 Å². The number of nitrogens with zero attached hydrogens (tertiary/aromatic N) is 4. The van der Waals surface area contributed by atoms with E-state index in [-0.39, 0.29) is 0 Å². The third-order valence-electron chi connectivity index (χ3n) is 3.03. The van der Waals surface area contributed by atoms with E-state index in [1.54, 1.807) is 25.1 Å². The summed E-state index contributed by atoms with van der Waals surface area (Å²) in [4.78, 5) is 8.86. The molecule has 0 aliphatic carbocycles. The van der Waals surface area contributed by atoms with E-state index in [0.29, 0.717) is 17.3 Å². The predicted molar refractivity (Wildman–Crippen MR) is 74.8 cm³/mol. The molecule has 2 heterocycles. The van der Waals surface area contributed by atoms with Crippen LogP contribution in [0.4, 0.5) is 0 Å². The van der Waals surface area contributed by atoms with Gasteiger partial charge in [-0.2, -0.15) is 5.10 Å². The predicted octanol–water partition coefficient (Wildman–Crippen LogP) is 2.05. The van der Waals surface area contributed by atoms with Gasteiger partial charge in [0.2, 0.25) is 0 Å². The zero-order valence-electron chi connectivity index (χ0n) is 11.5. The van der Waals surface area contributed by atoms with Crippen LogP contribution in [0, 0.1) is 0 Å². The summed E-state index contributed by atoms with van der Waals surface area (Å²) in [7, 11) is 5.07. The van der Waals surface area contributed by atoms with Gasteiger partial charge in [0.1, 0.15) is 5.69 Å². The SMILES string of the molecule is COc1cc2cnc(-c3ccn(C)n3)nc2cc1OC. The second-order valence-electron chi connectivity index (χ2n) is 4.33. The molecule has 0 radical (unpaired) electrons. The molecule has 0 aliphatic rings. The third-order valence-corrected chi connectivity index (χ3v) is 3.03. The van der Waals surface area contributed by atoms with Gasteiger partial charge in [0.05, 0.1) is 19.7 Å². The zero-order valence-corrected chi connectivity index (χ0v) is 11.5. The molecule has 0 aliphatic heterocycles. The number of hydrogen-bond donors (Lipinski definition) is 0. The van der Waals surface area contributed by atoms with Crippen molar-refractivity contribution in [2.75, 3.05) is 14.2 Å². The van der Waals surface area contributed by atoms with E-state index >= 15 is 0 Å². The van der Waals surface area contributed by atoms with Gasteiger partial charge >= 0.3 is 0 Å². The van der Waals surface area contributed by atoms with Gasteiger partial charge in [-0.15, -0.1) is 0 Å². The Bertz CT molecular complexity index is 767. The summed E-state index contributed by atoms with van der Waals surface area (Å²) in [6.07, 6.45) is 3.62. The largest absolute Gasteiger partial charge is 0.493 e. The van der Waals surface area contributed by atoms with E-state index in [9.17, 15) is 0 Å². The second kappa shape index (κ2) is 4.80. The number of fused-ring (bicyclic) bond motifs is 1. The minimum absolute atomic E-state index is 0.588. The highest BCUT2D eigenvalue weighted by Crippen LogP contribution is 2.31. The van der Waals surface area contributed by atoms with Gasteiger partial charge in [-0.3, -0.25) is 4.68 Å². The van der Waals surface area contributed by atoms with Crippen LogP contribution in [0.15, 0.2) is 30.6 Å². The highest BCUT2D eigenvalue weighted by atomic mass is 16.5. The number of rotatable bonds is 3. The molecule has 20 heavy (non-hydrogen) atoms. The lowest BCUT2D eigenvalue weighted by Gasteiger charge is -2.08. The summed E-state index contributed by atoms with van der Waals surface area (Å²) in [6.45, 7) is 0. The first-order valence-corrected chi connectivity index (χ1v) is 6.10. The Balaban J connectivity index is 2.15. The molecule has 0 saturated carbocycles. The summed E-state index contributed by atoms with van der Waals surface area (Å²) in [5.41, 5.74) is 1.53. The average Bonchev–Trinajstić information content (AvgIpc) is 2.91. The number of aromatic nitrogens is 4. The van der Waals surface area contributed by atoms with Crippen molar-refractivity contribution in [2.45, 2.75) is 0 Å². The molecular formula is C14H14N4O2. The number of methoxy groups -OCH3 is 2. The van der Waals surface area contributed by atoms with Crippen molar-refractivity contribution in [3.05, 3.63) is 30.6 Å². The number of aryl methyl sites for hydroxylation is 1. The molecule has 0 saturated heterocycles. The summed E-state index contributed by atoms with van der Waals surface area (Å²) >= 11 is 0. The lowest BCUT2D eigenvalue weighted by Crippen LogP contribution is -1.95. The van der Waals surface area contributed by atoms with Crippen molar-refractivity contribution in [3.63, 3.8) is 0 Å². The molecule has 0 amide bonds. The summed E-state index contributed by atoms with van der Waals surface area (Å²) in [5, 5.41) is 5.19. The molecule has 1 aromatic carbocycles. The van der Waals surface area contributed by atoms with Crippen molar-refractivity contribution < 1.29 is 9.47 Å². The minimum Gasteiger partial charge on any atom is -0.493 e. The molecule has 0 atom stereocenters. The van der Waals surface area contributed by atoms with Crippen molar-refractivity contribution in [3.8, 4) is 23.0 Å². The van der Waals surface area contributed by atoms with Gasteiger partial charge in [0, 0.05) is 30.9 Å². The molecule has 6 nitrogen and oxygen atoms in total. The molecule has 0 fully saturated rings. The fraction of sp³-hybridized carbons (Fsp3) is 0.214. The number of hydrogen-bond acceptors (Lipinski definition) is 5. The molecule has 0 unspecified atom stereocenters. The first-order chi connectivity index (χ1) is 9.71. The van der Waals surface area contributed by atoms with E-state index in [0.717, 1.165) is 16.6 Å². The first kappa shape index (κ1) is 12.4. The second-order valence-corrected chi connectivity index (χ2v) is 4.33. The normalized spacial score (nSPS) is 10.8. The fourth-order valence-corrected chi connectivity index (χ4v) is 2.02. The Hall–Kier alpha value is -2.63. The lowest BCUT2D eigenvalue weighted by molar-refractivity contribution is 0.356. The van der Waals surface area contributed by atoms with Crippen molar-refractivity contribution >= 4 is 10.9 Å². The molecule has 0 N–H and O–H groups in total. The molecule has 6 heteroatoms. The maximum atomic E-state index is 5.29. The molecule has 0 spiro atoms. The Kier molecular flexibility index (Phi) is 2.98. The van der Waals surface area contributed by atoms with E-state index in [2.05, 4.69) is 15.1 Å². The minimum atomic E-state index is 0.588. The maximum absolute atomic E-state index is 5.29. The first-order valence-electron chi connectivity index (χ1n) is 6.10. The van der Waals surface area contributed by atoms with Crippen LogP contribution in [-0.2, 0) is 7.05 Å². The topological polar surface area (TPSA) is 62.1 Å². The van der Waals surface area contributed by atoms with Crippen LogP contribution in [0.3, 0.4) is 0 Å². The van der Waals surface area contributed by atoms with Gasteiger partial charge in [-0.25, -0.2) is 9.97 Å². The molecule has 102 valence electrons. The van der Waals surface area contributed by atoms with Gasteiger partial charge in [-0.05, 0) is 12.1 Å². The zero-order chi connectivity index (χ0) is 14.1. The van der Waals surface area contributed by atoms with E-state index < -0.39 is 0 Å².